The maximum Gasteiger partial charge on any atom is 0.263 e. The summed E-state index contributed by atoms with van der Waals surface area (Å²) in [4.78, 5) is 34.1. The molecule has 3 aromatic heterocycles. The van der Waals surface area contributed by atoms with Gasteiger partial charge < -0.3 is 30.2 Å². The molecule has 2 saturated heterocycles. The van der Waals surface area contributed by atoms with Crippen LogP contribution in [0.25, 0.3) is 10.9 Å². The van der Waals surface area contributed by atoms with Crippen LogP contribution in [0, 0.1) is 12.7 Å². The number of nitrogens with zero attached hydrogens (tertiary/aromatic N) is 5. The second kappa shape index (κ2) is 10.9. The quantitative estimate of drug-likeness (QED) is 0.337. The first-order valence-corrected chi connectivity index (χ1v) is 13.4. The van der Waals surface area contributed by atoms with E-state index in [2.05, 4.69) is 35.5 Å². The fourth-order valence-corrected chi connectivity index (χ4v) is 5.15. The maximum absolute atomic E-state index is 15.4. The molecule has 1 amide bonds. The Hall–Kier alpha value is -4.25. The molecule has 0 aliphatic carbocycles. The number of halogens is 1. The number of piperazine rings is 1. The van der Waals surface area contributed by atoms with Gasteiger partial charge in [-0.1, -0.05) is 0 Å². The third-order valence-corrected chi connectivity index (χ3v) is 7.19. The summed E-state index contributed by atoms with van der Waals surface area (Å²) in [6, 6.07) is 8.86. The van der Waals surface area contributed by atoms with Crippen LogP contribution >= 0.6 is 0 Å². The fourth-order valence-electron chi connectivity index (χ4n) is 5.15. The predicted octanol–water partition coefficient (Wildman–Crippen LogP) is 4.37. The van der Waals surface area contributed by atoms with Gasteiger partial charge in [0.2, 0.25) is 5.88 Å². The van der Waals surface area contributed by atoms with Crippen LogP contribution in [0.3, 0.4) is 0 Å². The minimum absolute atomic E-state index is 0.00832. The van der Waals surface area contributed by atoms with Crippen LogP contribution in [-0.4, -0.2) is 70.0 Å². The van der Waals surface area contributed by atoms with E-state index < -0.39 is 5.82 Å². The molecule has 6 rings (SSSR count). The standard InChI is InChI=1S/C28H31FN8O2/c1-18-15-20-21(34-18)6-7-22(25(20)29)39-27-24(28(38)37-11-3-2-4-12-37)26(32-17-33-27)35-23-8-5-19(16-31-23)36-13-9-30-10-14-36/h5-8,15-17,30,34H,2-4,9-14H2,1H3,(H,31,32,33,35). The number of nitrogens with one attached hydrogen (secondary N) is 3. The number of H-pyrrole nitrogens is 1. The van der Waals surface area contributed by atoms with Crippen LogP contribution < -0.4 is 20.3 Å². The monoisotopic (exact) mass is 530 g/mol. The number of amides is 1. The lowest BCUT2D eigenvalue weighted by molar-refractivity contribution is 0.0721. The summed E-state index contributed by atoms with van der Waals surface area (Å²) >= 11 is 0. The average Bonchev–Trinajstić information content (AvgIpc) is 3.37. The predicted molar refractivity (Wildman–Crippen MR) is 147 cm³/mol. The molecule has 0 spiro atoms. The highest BCUT2D eigenvalue weighted by Crippen LogP contribution is 2.34. The number of rotatable bonds is 6. The third-order valence-electron chi connectivity index (χ3n) is 7.19. The molecule has 2 aliphatic rings. The number of hydrogen-bond acceptors (Lipinski definition) is 8. The zero-order valence-electron chi connectivity index (χ0n) is 21.8. The number of pyridine rings is 1. The second-order valence-electron chi connectivity index (χ2n) is 9.91. The van der Waals surface area contributed by atoms with Crippen LogP contribution in [-0.2, 0) is 0 Å². The van der Waals surface area contributed by atoms with E-state index in [-0.39, 0.29) is 28.9 Å². The summed E-state index contributed by atoms with van der Waals surface area (Å²) in [6.07, 6.45) is 6.03. The third kappa shape index (κ3) is 5.22. The van der Waals surface area contributed by atoms with Crippen LogP contribution in [0.2, 0.25) is 0 Å². The Morgan fingerprint density at radius 3 is 2.62 bits per heavy atom. The number of ether oxygens (including phenoxy) is 1. The number of likely N-dealkylation sites (tertiary alicyclic amines) is 1. The van der Waals surface area contributed by atoms with Crippen molar-refractivity contribution < 1.29 is 13.9 Å². The zero-order valence-corrected chi connectivity index (χ0v) is 21.8. The number of aromatic nitrogens is 4. The fraction of sp³-hybridized carbons (Fsp3) is 0.357. The van der Waals surface area contributed by atoms with Crippen molar-refractivity contribution in [2.75, 3.05) is 49.5 Å². The van der Waals surface area contributed by atoms with Gasteiger partial charge in [-0.15, -0.1) is 0 Å². The van der Waals surface area contributed by atoms with E-state index in [1.807, 2.05) is 25.3 Å². The molecular formula is C28H31FN8O2. The number of fused-ring (bicyclic) bond motifs is 1. The number of aryl methyl sites for hydroxylation is 1. The van der Waals surface area contributed by atoms with Crippen molar-refractivity contribution in [3.63, 3.8) is 0 Å². The lowest BCUT2D eigenvalue weighted by atomic mass is 10.1. The topological polar surface area (TPSA) is 111 Å². The lowest BCUT2D eigenvalue weighted by Crippen LogP contribution is -2.43. The number of hydrogen-bond donors (Lipinski definition) is 3. The van der Waals surface area contributed by atoms with Crippen LogP contribution in [0.15, 0.2) is 42.9 Å². The van der Waals surface area contributed by atoms with Crippen LogP contribution in [0.5, 0.6) is 11.6 Å². The Kier molecular flexibility index (Phi) is 6.97. The van der Waals surface area contributed by atoms with Crippen LogP contribution in [0.4, 0.5) is 21.7 Å². The largest absolute Gasteiger partial charge is 0.435 e. The number of benzene rings is 1. The van der Waals surface area contributed by atoms with Crippen LogP contribution in [0.1, 0.15) is 35.3 Å². The molecule has 202 valence electrons. The smallest absolute Gasteiger partial charge is 0.263 e. The van der Waals surface area contributed by atoms with E-state index >= 15 is 4.39 Å². The highest BCUT2D eigenvalue weighted by atomic mass is 19.1. The highest BCUT2D eigenvalue weighted by Gasteiger charge is 2.28. The first kappa shape index (κ1) is 25.1. The van der Waals surface area contributed by atoms with Crippen molar-refractivity contribution in [3.05, 3.63) is 59.9 Å². The molecule has 39 heavy (non-hydrogen) atoms. The molecule has 0 bridgehead atoms. The SMILES string of the molecule is Cc1cc2c(F)c(Oc3ncnc(Nc4ccc(N5CCNCC5)cn4)c3C(=O)N3CCCCC3)ccc2[nH]1. The molecule has 2 aliphatic heterocycles. The molecule has 0 atom stereocenters. The van der Waals surface area contributed by atoms with Gasteiger partial charge in [0.15, 0.2) is 17.4 Å². The number of aromatic amines is 1. The summed E-state index contributed by atoms with van der Waals surface area (Å²) in [6.45, 7) is 6.83. The lowest BCUT2D eigenvalue weighted by Gasteiger charge is -2.29. The maximum atomic E-state index is 15.4. The summed E-state index contributed by atoms with van der Waals surface area (Å²) < 4.78 is 21.4. The molecule has 4 aromatic rings. The molecule has 3 N–H and O–H groups in total. The van der Waals surface area contributed by atoms with Crippen molar-refractivity contribution in [2.24, 2.45) is 0 Å². The molecule has 1 aromatic carbocycles. The molecule has 0 unspecified atom stereocenters. The van der Waals surface area contributed by atoms with E-state index in [0.29, 0.717) is 29.8 Å². The number of carbonyl (C=O) groups is 1. The van der Waals surface area contributed by atoms with Crippen molar-refractivity contribution in [2.45, 2.75) is 26.2 Å². The molecule has 2 fully saturated rings. The highest BCUT2D eigenvalue weighted by molar-refractivity contribution is 6.01. The Morgan fingerprint density at radius 2 is 1.85 bits per heavy atom. The van der Waals surface area contributed by atoms with Gasteiger partial charge >= 0.3 is 0 Å². The number of carbonyl (C=O) groups excluding carboxylic acids is 1. The molecule has 11 heteroatoms. The molecule has 10 nitrogen and oxygen atoms in total. The molecular weight excluding hydrogens is 499 g/mol. The van der Waals surface area contributed by atoms with E-state index in [0.717, 1.165) is 56.8 Å². The van der Waals surface area contributed by atoms with Gasteiger partial charge in [-0.05, 0) is 56.5 Å². The number of anilines is 3. The van der Waals surface area contributed by atoms with Crippen molar-refractivity contribution in [1.29, 1.82) is 0 Å². The second-order valence-corrected chi connectivity index (χ2v) is 9.91. The summed E-state index contributed by atoms with van der Waals surface area (Å²) in [5.74, 6) is -0.0160. The van der Waals surface area contributed by atoms with E-state index in [9.17, 15) is 4.79 Å². The first-order chi connectivity index (χ1) is 19.1. The Morgan fingerprint density at radius 1 is 1.03 bits per heavy atom. The van der Waals surface area contributed by atoms with Gasteiger partial charge in [-0.25, -0.2) is 19.3 Å². The average molecular weight is 531 g/mol. The van der Waals surface area contributed by atoms with Crippen molar-refractivity contribution in [1.82, 2.24) is 30.2 Å². The molecule has 0 radical (unpaired) electrons. The number of piperidine rings is 1. The summed E-state index contributed by atoms with van der Waals surface area (Å²) in [7, 11) is 0. The van der Waals surface area contributed by atoms with Gasteiger partial charge in [-0.2, -0.15) is 0 Å². The Balaban J connectivity index is 1.33. The normalized spacial score (nSPS) is 15.9. The van der Waals surface area contributed by atoms with Crippen molar-refractivity contribution >= 4 is 34.1 Å². The Bertz CT molecular complexity index is 1480. The summed E-state index contributed by atoms with van der Waals surface area (Å²) in [5.41, 5.74) is 2.69. The van der Waals surface area contributed by atoms with Crippen molar-refractivity contribution in [3.8, 4) is 11.6 Å². The Labute approximate surface area is 225 Å². The first-order valence-electron chi connectivity index (χ1n) is 13.4. The van der Waals surface area contributed by atoms with E-state index in [4.69, 9.17) is 4.74 Å². The zero-order chi connectivity index (χ0) is 26.8. The minimum Gasteiger partial charge on any atom is -0.435 e. The molecule has 5 heterocycles. The van der Waals surface area contributed by atoms with Gasteiger partial charge in [0.05, 0.1) is 11.9 Å². The van der Waals surface area contributed by atoms with Gasteiger partial charge in [0, 0.05) is 55.9 Å². The van der Waals surface area contributed by atoms with Gasteiger partial charge in [0.1, 0.15) is 17.7 Å². The van der Waals surface area contributed by atoms with E-state index in [1.54, 1.807) is 17.0 Å². The molecule has 0 saturated carbocycles. The van der Waals surface area contributed by atoms with Gasteiger partial charge in [0.25, 0.3) is 5.91 Å². The summed E-state index contributed by atoms with van der Waals surface area (Å²) in [5, 5.41) is 6.94. The minimum atomic E-state index is -0.522. The van der Waals surface area contributed by atoms with E-state index in [1.165, 1.54) is 12.4 Å². The van der Waals surface area contributed by atoms with Gasteiger partial charge in [-0.3, -0.25) is 4.79 Å².